The standard InChI is InChI=1S/C13H13N3O2/c1-9(17)16-11-4-2-3-5-12(11)18-10-6-7-13(14)15-8-10/h2-8H,1H3,(H2,14,15)(H,16,17). The number of hydrogen-bond donors (Lipinski definition) is 2. The van der Waals surface area contributed by atoms with Crippen molar-refractivity contribution >= 4 is 17.4 Å². The van der Waals surface area contributed by atoms with E-state index in [1.165, 1.54) is 13.1 Å². The largest absolute Gasteiger partial charge is 0.454 e. The minimum Gasteiger partial charge on any atom is -0.454 e. The van der Waals surface area contributed by atoms with Crippen molar-refractivity contribution in [2.45, 2.75) is 6.92 Å². The summed E-state index contributed by atoms with van der Waals surface area (Å²) in [6.07, 6.45) is 1.53. The molecule has 92 valence electrons. The molecule has 0 unspecified atom stereocenters. The SMILES string of the molecule is CC(=O)Nc1ccccc1Oc1ccc(N)nc1. The molecule has 0 aliphatic heterocycles. The van der Waals surface area contributed by atoms with E-state index in [2.05, 4.69) is 10.3 Å². The van der Waals surface area contributed by atoms with Gasteiger partial charge in [-0.05, 0) is 24.3 Å². The minimum absolute atomic E-state index is 0.151. The van der Waals surface area contributed by atoms with Gasteiger partial charge in [-0.15, -0.1) is 0 Å². The van der Waals surface area contributed by atoms with Crippen LogP contribution < -0.4 is 15.8 Å². The molecule has 0 saturated heterocycles. The molecule has 1 aromatic carbocycles. The van der Waals surface area contributed by atoms with E-state index in [1.54, 1.807) is 24.3 Å². The van der Waals surface area contributed by atoms with Crippen LogP contribution in [0.3, 0.4) is 0 Å². The summed E-state index contributed by atoms with van der Waals surface area (Å²) >= 11 is 0. The number of carbonyl (C=O) groups is 1. The second-order valence-electron chi connectivity index (χ2n) is 3.70. The molecule has 5 heteroatoms. The van der Waals surface area contributed by atoms with Crippen LogP contribution in [0.25, 0.3) is 0 Å². The van der Waals surface area contributed by atoms with Gasteiger partial charge in [0, 0.05) is 6.92 Å². The van der Waals surface area contributed by atoms with Gasteiger partial charge in [-0.25, -0.2) is 4.98 Å². The summed E-state index contributed by atoms with van der Waals surface area (Å²) in [5, 5.41) is 2.70. The zero-order chi connectivity index (χ0) is 13.0. The topological polar surface area (TPSA) is 77.2 Å². The zero-order valence-electron chi connectivity index (χ0n) is 9.88. The Morgan fingerprint density at radius 3 is 2.72 bits per heavy atom. The van der Waals surface area contributed by atoms with Gasteiger partial charge >= 0.3 is 0 Å². The molecule has 2 aromatic rings. The van der Waals surface area contributed by atoms with Gasteiger partial charge in [0.2, 0.25) is 5.91 Å². The van der Waals surface area contributed by atoms with E-state index in [4.69, 9.17) is 10.5 Å². The van der Waals surface area contributed by atoms with Crippen molar-refractivity contribution in [1.29, 1.82) is 0 Å². The summed E-state index contributed by atoms with van der Waals surface area (Å²) in [6, 6.07) is 10.5. The van der Waals surface area contributed by atoms with Crippen molar-refractivity contribution in [2.24, 2.45) is 0 Å². The Morgan fingerprint density at radius 1 is 1.28 bits per heavy atom. The molecule has 0 spiro atoms. The van der Waals surface area contributed by atoms with Gasteiger partial charge < -0.3 is 15.8 Å². The molecule has 0 saturated carbocycles. The molecular weight excluding hydrogens is 230 g/mol. The predicted octanol–water partition coefficient (Wildman–Crippen LogP) is 2.41. The number of nitrogen functional groups attached to an aromatic ring is 1. The number of nitrogens with zero attached hydrogens (tertiary/aromatic N) is 1. The van der Waals surface area contributed by atoms with E-state index < -0.39 is 0 Å². The Kier molecular flexibility index (Phi) is 3.43. The molecule has 2 rings (SSSR count). The molecule has 18 heavy (non-hydrogen) atoms. The summed E-state index contributed by atoms with van der Waals surface area (Å²) in [7, 11) is 0. The second-order valence-corrected chi connectivity index (χ2v) is 3.70. The lowest BCUT2D eigenvalue weighted by Crippen LogP contribution is -2.06. The predicted molar refractivity (Wildman–Crippen MR) is 69.5 cm³/mol. The van der Waals surface area contributed by atoms with Gasteiger partial charge in [0.1, 0.15) is 11.6 Å². The fourth-order valence-corrected chi connectivity index (χ4v) is 1.43. The van der Waals surface area contributed by atoms with E-state index in [9.17, 15) is 4.79 Å². The summed E-state index contributed by atoms with van der Waals surface area (Å²) in [4.78, 5) is 15.0. The molecule has 1 amide bonds. The summed E-state index contributed by atoms with van der Waals surface area (Å²) < 4.78 is 5.63. The third-order valence-corrected chi connectivity index (χ3v) is 2.18. The number of carbonyl (C=O) groups excluding carboxylic acids is 1. The molecule has 0 aliphatic rings. The smallest absolute Gasteiger partial charge is 0.221 e. The van der Waals surface area contributed by atoms with Crippen LogP contribution in [-0.2, 0) is 4.79 Å². The molecule has 1 heterocycles. The van der Waals surface area contributed by atoms with E-state index in [0.717, 1.165) is 0 Å². The third kappa shape index (κ3) is 2.98. The van der Waals surface area contributed by atoms with Gasteiger partial charge in [-0.1, -0.05) is 12.1 Å². The van der Waals surface area contributed by atoms with Crippen LogP contribution in [0.4, 0.5) is 11.5 Å². The maximum atomic E-state index is 11.1. The number of benzene rings is 1. The normalized spacial score (nSPS) is 9.83. The monoisotopic (exact) mass is 243 g/mol. The first-order valence-corrected chi connectivity index (χ1v) is 5.41. The van der Waals surface area contributed by atoms with Gasteiger partial charge in [-0.2, -0.15) is 0 Å². The quantitative estimate of drug-likeness (QED) is 0.867. The lowest BCUT2D eigenvalue weighted by Gasteiger charge is -2.10. The Hall–Kier alpha value is -2.56. The first kappa shape index (κ1) is 11.9. The zero-order valence-corrected chi connectivity index (χ0v) is 9.88. The molecule has 1 aromatic heterocycles. The highest BCUT2D eigenvalue weighted by Gasteiger charge is 2.05. The molecule has 0 atom stereocenters. The maximum Gasteiger partial charge on any atom is 0.221 e. The van der Waals surface area contributed by atoms with E-state index in [-0.39, 0.29) is 5.91 Å². The van der Waals surface area contributed by atoms with Crippen molar-refractivity contribution in [3.63, 3.8) is 0 Å². The molecule has 5 nitrogen and oxygen atoms in total. The minimum atomic E-state index is -0.151. The highest BCUT2D eigenvalue weighted by molar-refractivity contribution is 5.90. The Bertz CT molecular complexity index is 552. The van der Waals surface area contributed by atoms with Crippen LogP contribution >= 0.6 is 0 Å². The molecule has 0 bridgehead atoms. The lowest BCUT2D eigenvalue weighted by atomic mass is 10.3. The summed E-state index contributed by atoms with van der Waals surface area (Å²) in [5.41, 5.74) is 6.10. The fourth-order valence-electron chi connectivity index (χ4n) is 1.43. The maximum absolute atomic E-state index is 11.1. The van der Waals surface area contributed by atoms with Crippen molar-refractivity contribution in [3.05, 3.63) is 42.6 Å². The van der Waals surface area contributed by atoms with Crippen LogP contribution in [0, 0.1) is 0 Å². The van der Waals surface area contributed by atoms with Crippen LogP contribution in [0.2, 0.25) is 0 Å². The highest BCUT2D eigenvalue weighted by Crippen LogP contribution is 2.28. The number of anilines is 2. The number of rotatable bonds is 3. The fraction of sp³-hybridized carbons (Fsp3) is 0.0769. The van der Waals surface area contributed by atoms with Crippen LogP contribution in [0.5, 0.6) is 11.5 Å². The Morgan fingerprint density at radius 2 is 2.06 bits per heavy atom. The molecular formula is C13H13N3O2. The van der Waals surface area contributed by atoms with Crippen molar-refractivity contribution in [1.82, 2.24) is 4.98 Å². The Labute approximate surface area is 105 Å². The number of para-hydroxylation sites is 2. The highest BCUT2D eigenvalue weighted by atomic mass is 16.5. The number of amides is 1. The summed E-state index contributed by atoms with van der Waals surface area (Å²) in [5.74, 6) is 1.39. The second kappa shape index (κ2) is 5.18. The number of aromatic nitrogens is 1. The summed E-state index contributed by atoms with van der Waals surface area (Å²) in [6.45, 7) is 1.45. The van der Waals surface area contributed by atoms with Gasteiger partial charge in [0.15, 0.2) is 5.75 Å². The van der Waals surface area contributed by atoms with Crippen molar-refractivity contribution in [2.75, 3.05) is 11.1 Å². The molecule has 0 radical (unpaired) electrons. The number of ether oxygens (including phenoxy) is 1. The average Bonchev–Trinajstić information content (AvgIpc) is 2.34. The van der Waals surface area contributed by atoms with Gasteiger partial charge in [0.05, 0.1) is 11.9 Å². The van der Waals surface area contributed by atoms with E-state index in [1.807, 2.05) is 12.1 Å². The first-order valence-electron chi connectivity index (χ1n) is 5.41. The number of nitrogens with two attached hydrogens (primary N) is 1. The third-order valence-electron chi connectivity index (χ3n) is 2.18. The first-order chi connectivity index (χ1) is 8.65. The van der Waals surface area contributed by atoms with Crippen LogP contribution in [0.1, 0.15) is 6.92 Å². The van der Waals surface area contributed by atoms with Crippen LogP contribution in [0.15, 0.2) is 42.6 Å². The van der Waals surface area contributed by atoms with Crippen LogP contribution in [-0.4, -0.2) is 10.9 Å². The van der Waals surface area contributed by atoms with Crippen molar-refractivity contribution in [3.8, 4) is 11.5 Å². The lowest BCUT2D eigenvalue weighted by molar-refractivity contribution is -0.114. The Balaban J connectivity index is 2.23. The molecule has 0 aliphatic carbocycles. The van der Waals surface area contributed by atoms with Gasteiger partial charge in [-0.3, -0.25) is 4.79 Å². The average molecular weight is 243 g/mol. The van der Waals surface area contributed by atoms with E-state index >= 15 is 0 Å². The van der Waals surface area contributed by atoms with E-state index in [0.29, 0.717) is 23.0 Å². The molecule has 0 fully saturated rings. The number of hydrogen-bond acceptors (Lipinski definition) is 4. The van der Waals surface area contributed by atoms with Gasteiger partial charge in [0.25, 0.3) is 0 Å². The number of nitrogens with one attached hydrogen (secondary N) is 1. The van der Waals surface area contributed by atoms with Crippen molar-refractivity contribution < 1.29 is 9.53 Å². The number of pyridine rings is 1. The molecule has 3 N–H and O–H groups in total.